The average molecular weight is 262 g/mol. The standard InChI is InChI=1S/C16H22O3/c1-19-15-10-9-13(11-14(15)16(17)18)12-7-5-3-2-4-6-8-12/h9-12H,2-8H2,1H3,(H,17,18). The maximum absolute atomic E-state index is 11.3. The number of carboxylic acids is 1. The van der Waals surface area contributed by atoms with Crippen LogP contribution in [0, 0.1) is 0 Å². The highest BCUT2D eigenvalue weighted by molar-refractivity contribution is 5.91. The smallest absolute Gasteiger partial charge is 0.339 e. The third kappa shape index (κ3) is 3.49. The summed E-state index contributed by atoms with van der Waals surface area (Å²) in [6.45, 7) is 0. The molecule has 0 aromatic heterocycles. The van der Waals surface area contributed by atoms with Crippen LogP contribution in [0.4, 0.5) is 0 Å². The Bertz CT molecular complexity index is 432. The highest BCUT2D eigenvalue weighted by atomic mass is 16.5. The van der Waals surface area contributed by atoms with Gasteiger partial charge in [-0.2, -0.15) is 0 Å². The molecule has 1 aromatic rings. The molecule has 0 aliphatic heterocycles. The van der Waals surface area contributed by atoms with Crippen LogP contribution in [0.5, 0.6) is 5.75 Å². The summed E-state index contributed by atoms with van der Waals surface area (Å²) in [7, 11) is 1.51. The summed E-state index contributed by atoms with van der Waals surface area (Å²) in [5.74, 6) is 0.0379. The second-order valence-corrected chi connectivity index (χ2v) is 5.31. The van der Waals surface area contributed by atoms with Crippen molar-refractivity contribution in [2.75, 3.05) is 7.11 Å². The maximum Gasteiger partial charge on any atom is 0.339 e. The Hall–Kier alpha value is -1.51. The molecule has 0 spiro atoms. The first-order chi connectivity index (χ1) is 9.22. The van der Waals surface area contributed by atoms with Gasteiger partial charge >= 0.3 is 5.97 Å². The molecular weight excluding hydrogens is 240 g/mol. The first-order valence-corrected chi connectivity index (χ1v) is 7.13. The first-order valence-electron chi connectivity index (χ1n) is 7.13. The molecule has 1 aliphatic carbocycles. The monoisotopic (exact) mass is 262 g/mol. The van der Waals surface area contributed by atoms with Gasteiger partial charge in [0, 0.05) is 0 Å². The molecule has 2 rings (SSSR count). The summed E-state index contributed by atoms with van der Waals surface area (Å²) in [5, 5.41) is 9.24. The number of carboxylic acid groups (broad SMARTS) is 1. The van der Waals surface area contributed by atoms with E-state index in [4.69, 9.17) is 4.74 Å². The lowest BCUT2D eigenvalue weighted by Gasteiger charge is -2.21. The molecule has 1 aliphatic rings. The van der Waals surface area contributed by atoms with E-state index in [-0.39, 0.29) is 5.56 Å². The molecule has 3 nitrogen and oxygen atoms in total. The second-order valence-electron chi connectivity index (χ2n) is 5.31. The average Bonchev–Trinajstić information content (AvgIpc) is 2.37. The Morgan fingerprint density at radius 1 is 1.16 bits per heavy atom. The molecule has 1 aromatic carbocycles. The third-order valence-electron chi connectivity index (χ3n) is 4.03. The zero-order valence-corrected chi connectivity index (χ0v) is 11.5. The largest absolute Gasteiger partial charge is 0.496 e. The zero-order chi connectivity index (χ0) is 13.7. The normalized spacial score (nSPS) is 17.5. The van der Waals surface area contributed by atoms with Crippen LogP contribution in [0.25, 0.3) is 0 Å². The van der Waals surface area contributed by atoms with Crippen molar-refractivity contribution >= 4 is 5.97 Å². The summed E-state index contributed by atoms with van der Waals surface area (Å²) >= 11 is 0. The highest BCUT2D eigenvalue weighted by Crippen LogP contribution is 2.33. The molecule has 19 heavy (non-hydrogen) atoms. The second kappa shape index (κ2) is 6.60. The van der Waals surface area contributed by atoms with E-state index < -0.39 is 5.97 Å². The fourth-order valence-corrected chi connectivity index (χ4v) is 2.94. The molecule has 0 radical (unpaired) electrons. The molecule has 0 bridgehead atoms. The number of carbonyl (C=O) groups is 1. The minimum Gasteiger partial charge on any atom is -0.496 e. The minimum absolute atomic E-state index is 0.280. The SMILES string of the molecule is COc1ccc(C2CCCCCCC2)cc1C(=O)O. The lowest BCUT2D eigenvalue weighted by atomic mass is 9.85. The van der Waals surface area contributed by atoms with Crippen LogP contribution in [0.15, 0.2) is 18.2 Å². The lowest BCUT2D eigenvalue weighted by molar-refractivity contribution is 0.0693. The van der Waals surface area contributed by atoms with Gasteiger partial charge in [0.2, 0.25) is 0 Å². The van der Waals surface area contributed by atoms with Gasteiger partial charge in [-0.25, -0.2) is 4.79 Å². The molecular formula is C16H22O3. The van der Waals surface area contributed by atoms with Crippen LogP contribution >= 0.6 is 0 Å². The van der Waals surface area contributed by atoms with Crippen LogP contribution in [-0.2, 0) is 0 Å². The van der Waals surface area contributed by atoms with E-state index in [1.807, 2.05) is 6.07 Å². The Kier molecular flexibility index (Phi) is 4.83. The van der Waals surface area contributed by atoms with Gasteiger partial charge < -0.3 is 9.84 Å². The Morgan fingerprint density at radius 2 is 1.79 bits per heavy atom. The van der Waals surface area contributed by atoms with Gasteiger partial charge in [-0.05, 0) is 36.5 Å². The van der Waals surface area contributed by atoms with Crippen LogP contribution in [-0.4, -0.2) is 18.2 Å². The van der Waals surface area contributed by atoms with E-state index in [0.717, 1.165) is 5.56 Å². The highest BCUT2D eigenvalue weighted by Gasteiger charge is 2.17. The summed E-state index contributed by atoms with van der Waals surface area (Å²) in [6, 6.07) is 5.61. The summed E-state index contributed by atoms with van der Waals surface area (Å²) in [6.07, 6.45) is 8.79. The van der Waals surface area contributed by atoms with E-state index >= 15 is 0 Å². The lowest BCUT2D eigenvalue weighted by Crippen LogP contribution is -2.06. The Balaban J connectivity index is 2.23. The van der Waals surface area contributed by atoms with Gasteiger partial charge in [0.25, 0.3) is 0 Å². The van der Waals surface area contributed by atoms with Crippen molar-refractivity contribution in [1.29, 1.82) is 0 Å². The minimum atomic E-state index is -0.912. The van der Waals surface area contributed by atoms with Gasteiger partial charge in [-0.15, -0.1) is 0 Å². The van der Waals surface area contributed by atoms with Crippen LogP contribution in [0.3, 0.4) is 0 Å². The van der Waals surface area contributed by atoms with Gasteiger partial charge in [0.05, 0.1) is 7.11 Å². The molecule has 3 heteroatoms. The molecule has 104 valence electrons. The molecule has 0 heterocycles. The van der Waals surface area contributed by atoms with Crippen molar-refractivity contribution in [3.05, 3.63) is 29.3 Å². The van der Waals surface area contributed by atoms with Crippen molar-refractivity contribution in [3.8, 4) is 5.75 Å². The number of hydrogen-bond acceptors (Lipinski definition) is 2. The fraction of sp³-hybridized carbons (Fsp3) is 0.562. The van der Waals surface area contributed by atoms with Gasteiger partial charge in [0.15, 0.2) is 0 Å². The van der Waals surface area contributed by atoms with Gasteiger partial charge in [-0.3, -0.25) is 0 Å². The van der Waals surface area contributed by atoms with E-state index in [0.29, 0.717) is 11.7 Å². The van der Waals surface area contributed by atoms with E-state index in [1.165, 1.54) is 52.1 Å². The first kappa shape index (κ1) is 13.9. The van der Waals surface area contributed by atoms with Crippen molar-refractivity contribution in [2.45, 2.75) is 50.9 Å². The fourth-order valence-electron chi connectivity index (χ4n) is 2.94. The number of rotatable bonds is 3. The van der Waals surface area contributed by atoms with Crippen molar-refractivity contribution in [1.82, 2.24) is 0 Å². The van der Waals surface area contributed by atoms with E-state index in [9.17, 15) is 9.90 Å². The van der Waals surface area contributed by atoms with Gasteiger partial charge in [-0.1, -0.05) is 38.2 Å². The quantitative estimate of drug-likeness (QED) is 0.887. The summed E-state index contributed by atoms with van der Waals surface area (Å²) in [5.41, 5.74) is 1.43. The van der Waals surface area contributed by atoms with E-state index in [1.54, 1.807) is 12.1 Å². The van der Waals surface area contributed by atoms with Crippen LogP contribution in [0.1, 0.15) is 66.8 Å². The van der Waals surface area contributed by atoms with Crippen LogP contribution < -0.4 is 4.74 Å². The molecule has 0 atom stereocenters. The Labute approximate surface area is 114 Å². The summed E-state index contributed by atoms with van der Waals surface area (Å²) < 4.78 is 5.11. The predicted molar refractivity (Wildman–Crippen MR) is 75.0 cm³/mol. The number of hydrogen-bond donors (Lipinski definition) is 1. The molecule has 0 unspecified atom stereocenters. The van der Waals surface area contributed by atoms with Crippen molar-refractivity contribution in [2.24, 2.45) is 0 Å². The molecule has 1 saturated carbocycles. The molecule has 0 amide bonds. The van der Waals surface area contributed by atoms with E-state index in [2.05, 4.69) is 0 Å². The number of benzene rings is 1. The van der Waals surface area contributed by atoms with Crippen LogP contribution in [0.2, 0.25) is 0 Å². The molecule has 1 N–H and O–H groups in total. The van der Waals surface area contributed by atoms with Gasteiger partial charge in [0.1, 0.15) is 11.3 Å². The number of methoxy groups -OCH3 is 1. The molecule has 0 saturated heterocycles. The predicted octanol–water partition coefficient (Wildman–Crippen LogP) is 4.22. The van der Waals surface area contributed by atoms with Crippen molar-refractivity contribution in [3.63, 3.8) is 0 Å². The maximum atomic E-state index is 11.3. The van der Waals surface area contributed by atoms with Crippen molar-refractivity contribution < 1.29 is 14.6 Å². The molecule has 1 fully saturated rings. The third-order valence-corrected chi connectivity index (χ3v) is 4.03. The Morgan fingerprint density at radius 3 is 2.37 bits per heavy atom. The number of aromatic carboxylic acids is 1. The zero-order valence-electron chi connectivity index (χ0n) is 11.5. The number of ether oxygens (including phenoxy) is 1. The topological polar surface area (TPSA) is 46.5 Å². The summed E-state index contributed by atoms with van der Waals surface area (Å²) in [4.78, 5) is 11.3.